The molecule has 0 amide bonds. The van der Waals surface area contributed by atoms with E-state index in [0.717, 1.165) is 17.5 Å². The van der Waals surface area contributed by atoms with Gasteiger partial charge in [0.15, 0.2) is 0 Å². The van der Waals surface area contributed by atoms with Crippen molar-refractivity contribution >= 4 is 16.0 Å². The molecule has 2 aromatic rings. The second-order valence-corrected chi connectivity index (χ2v) is 5.85. The van der Waals surface area contributed by atoms with Crippen molar-refractivity contribution in [3.63, 3.8) is 0 Å². The van der Waals surface area contributed by atoms with Crippen molar-refractivity contribution < 1.29 is 8.42 Å². The maximum absolute atomic E-state index is 12.2. The summed E-state index contributed by atoms with van der Waals surface area (Å²) in [7, 11) is -3.70. The second kappa shape index (κ2) is 5.98. The van der Waals surface area contributed by atoms with Crippen molar-refractivity contribution in [1.29, 1.82) is 0 Å². The molecule has 0 atom stereocenters. The van der Waals surface area contributed by atoms with Gasteiger partial charge in [0, 0.05) is 18.9 Å². The first-order valence-electron chi connectivity index (χ1n) is 6.18. The molecule has 0 bridgehead atoms. The van der Waals surface area contributed by atoms with Gasteiger partial charge in [-0.1, -0.05) is 13.0 Å². The fourth-order valence-corrected chi connectivity index (χ4v) is 2.84. The molecule has 0 saturated carbocycles. The molecule has 0 radical (unpaired) electrons. The van der Waals surface area contributed by atoms with E-state index in [1.54, 1.807) is 24.3 Å². The number of rotatable bonds is 5. The minimum Gasteiger partial charge on any atom is -0.326 e. The van der Waals surface area contributed by atoms with Gasteiger partial charge in [0.1, 0.15) is 0 Å². The van der Waals surface area contributed by atoms with E-state index >= 15 is 0 Å². The van der Waals surface area contributed by atoms with Gasteiger partial charge in [0.2, 0.25) is 5.95 Å². The van der Waals surface area contributed by atoms with E-state index in [2.05, 4.69) is 14.7 Å². The summed E-state index contributed by atoms with van der Waals surface area (Å²) in [5.41, 5.74) is 7.52. The zero-order valence-electron chi connectivity index (χ0n) is 11.1. The Morgan fingerprint density at radius 2 is 1.90 bits per heavy atom. The van der Waals surface area contributed by atoms with Crippen LogP contribution >= 0.6 is 0 Å². The molecule has 20 heavy (non-hydrogen) atoms. The molecule has 6 nitrogen and oxygen atoms in total. The molecule has 0 aliphatic rings. The lowest BCUT2D eigenvalue weighted by Crippen LogP contribution is -2.15. The van der Waals surface area contributed by atoms with Gasteiger partial charge in [0.05, 0.1) is 4.90 Å². The summed E-state index contributed by atoms with van der Waals surface area (Å²) in [5, 5.41) is 0. The van der Waals surface area contributed by atoms with Gasteiger partial charge < -0.3 is 5.73 Å². The summed E-state index contributed by atoms with van der Waals surface area (Å²) in [6.45, 7) is 2.30. The Balaban J connectivity index is 2.35. The van der Waals surface area contributed by atoms with Crippen LogP contribution in [0.5, 0.6) is 0 Å². The molecular weight excluding hydrogens is 276 g/mol. The molecule has 0 saturated heterocycles. The third-order valence-electron chi connectivity index (χ3n) is 2.88. The first-order chi connectivity index (χ1) is 9.56. The smallest absolute Gasteiger partial charge is 0.264 e. The molecule has 0 spiro atoms. The maximum Gasteiger partial charge on any atom is 0.264 e. The van der Waals surface area contributed by atoms with E-state index in [1.807, 2.05) is 6.92 Å². The maximum atomic E-state index is 12.2. The first kappa shape index (κ1) is 14.4. The zero-order valence-corrected chi connectivity index (χ0v) is 11.9. The molecule has 1 aromatic heterocycles. The quantitative estimate of drug-likeness (QED) is 0.865. The number of hydrogen-bond donors (Lipinski definition) is 2. The number of nitrogens with one attached hydrogen (secondary N) is 1. The molecular formula is C13H16N4O2S. The van der Waals surface area contributed by atoms with Gasteiger partial charge in [0.25, 0.3) is 10.0 Å². The number of sulfonamides is 1. The Morgan fingerprint density at radius 1 is 1.20 bits per heavy atom. The average molecular weight is 292 g/mol. The van der Waals surface area contributed by atoms with Crippen LogP contribution in [0.25, 0.3) is 0 Å². The van der Waals surface area contributed by atoms with Crippen LogP contribution in [-0.2, 0) is 23.0 Å². The Hall–Kier alpha value is -1.99. The zero-order chi connectivity index (χ0) is 14.6. The molecule has 1 aromatic carbocycles. The largest absolute Gasteiger partial charge is 0.326 e. The van der Waals surface area contributed by atoms with E-state index in [0.29, 0.717) is 6.54 Å². The highest BCUT2D eigenvalue weighted by molar-refractivity contribution is 7.92. The van der Waals surface area contributed by atoms with Gasteiger partial charge in [-0.15, -0.1) is 0 Å². The van der Waals surface area contributed by atoms with Crippen LogP contribution in [0.4, 0.5) is 5.95 Å². The van der Waals surface area contributed by atoms with E-state index < -0.39 is 10.0 Å². The second-order valence-electron chi connectivity index (χ2n) is 4.17. The standard InChI is InChI=1S/C13H16N4O2S/c1-2-10-4-5-12(8-11(10)9-14)20(18,19)17-13-15-6-3-7-16-13/h3-8H,2,9,14H2,1H3,(H,15,16,17). The average Bonchev–Trinajstić information content (AvgIpc) is 2.47. The number of aromatic nitrogens is 2. The summed E-state index contributed by atoms with van der Waals surface area (Å²) in [6, 6.07) is 6.54. The summed E-state index contributed by atoms with van der Waals surface area (Å²) < 4.78 is 26.8. The van der Waals surface area contributed by atoms with Crippen LogP contribution in [0, 0.1) is 0 Å². The number of nitrogens with zero attached hydrogens (tertiary/aromatic N) is 2. The molecule has 7 heteroatoms. The number of aryl methyl sites for hydroxylation is 1. The van der Waals surface area contributed by atoms with E-state index in [9.17, 15) is 8.42 Å². The molecule has 0 fully saturated rings. The van der Waals surface area contributed by atoms with Crippen molar-refractivity contribution in [1.82, 2.24) is 9.97 Å². The summed E-state index contributed by atoms with van der Waals surface area (Å²) in [6.07, 6.45) is 3.74. The highest BCUT2D eigenvalue weighted by Crippen LogP contribution is 2.18. The van der Waals surface area contributed by atoms with Gasteiger partial charge in [-0.3, -0.25) is 0 Å². The Kier molecular flexibility index (Phi) is 4.31. The Bertz CT molecular complexity index is 687. The van der Waals surface area contributed by atoms with E-state index in [4.69, 9.17) is 5.73 Å². The lowest BCUT2D eigenvalue weighted by Gasteiger charge is -2.10. The van der Waals surface area contributed by atoms with Gasteiger partial charge in [-0.25, -0.2) is 23.1 Å². The number of nitrogens with two attached hydrogens (primary N) is 1. The predicted molar refractivity (Wildman–Crippen MR) is 76.6 cm³/mol. The summed E-state index contributed by atoms with van der Waals surface area (Å²) >= 11 is 0. The van der Waals surface area contributed by atoms with E-state index in [1.165, 1.54) is 12.4 Å². The fourth-order valence-electron chi connectivity index (χ4n) is 1.84. The number of hydrogen-bond acceptors (Lipinski definition) is 5. The van der Waals surface area contributed by atoms with Crippen LogP contribution in [0.15, 0.2) is 41.6 Å². The summed E-state index contributed by atoms with van der Waals surface area (Å²) in [5.74, 6) is 0.0429. The van der Waals surface area contributed by atoms with Gasteiger partial charge >= 0.3 is 0 Å². The van der Waals surface area contributed by atoms with E-state index in [-0.39, 0.29) is 10.8 Å². The highest BCUT2D eigenvalue weighted by atomic mass is 32.2. The van der Waals surface area contributed by atoms with Crippen molar-refractivity contribution in [3.8, 4) is 0 Å². The Labute approximate surface area is 118 Å². The van der Waals surface area contributed by atoms with Crippen LogP contribution in [-0.4, -0.2) is 18.4 Å². The third-order valence-corrected chi connectivity index (χ3v) is 4.21. The molecule has 3 N–H and O–H groups in total. The lowest BCUT2D eigenvalue weighted by atomic mass is 10.1. The molecule has 0 unspecified atom stereocenters. The molecule has 2 rings (SSSR count). The van der Waals surface area contributed by atoms with Crippen LogP contribution < -0.4 is 10.5 Å². The van der Waals surface area contributed by atoms with Gasteiger partial charge in [-0.05, 0) is 35.7 Å². The summed E-state index contributed by atoms with van der Waals surface area (Å²) in [4.78, 5) is 7.83. The normalized spacial score (nSPS) is 11.3. The minimum absolute atomic E-state index is 0.0429. The first-order valence-corrected chi connectivity index (χ1v) is 7.67. The SMILES string of the molecule is CCc1ccc(S(=O)(=O)Nc2ncccn2)cc1CN. The number of anilines is 1. The van der Waals surface area contributed by atoms with Crippen molar-refractivity contribution in [3.05, 3.63) is 47.8 Å². The topological polar surface area (TPSA) is 98.0 Å². The van der Waals surface area contributed by atoms with Crippen LogP contribution in [0.2, 0.25) is 0 Å². The molecule has 1 heterocycles. The molecule has 0 aliphatic heterocycles. The molecule has 0 aliphatic carbocycles. The lowest BCUT2D eigenvalue weighted by molar-refractivity contribution is 0.600. The van der Waals surface area contributed by atoms with Crippen LogP contribution in [0.3, 0.4) is 0 Å². The highest BCUT2D eigenvalue weighted by Gasteiger charge is 2.16. The molecule has 106 valence electrons. The van der Waals surface area contributed by atoms with Gasteiger partial charge in [-0.2, -0.15) is 0 Å². The minimum atomic E-state index is -3.70. The van der Waals surface area contributed by atoms with Crippen molar-refractivity contribution in [2.24, 2.45) is 5.73 Å². The monoisotopic (exact) mass is 292 g/mol. The van der Waals surface area contributed by atoms with Crippen LogP contribution in [0.1, 0.15) is 18.1 Å². The third kappa shape index (κ3) is 3.12. The van der Waals surface area contributed by atoms with Crippen molar-refractivity contribution in [2.75, 3.05) is 4.72 Å². The Morgan fingerprint density at radius 3 is 2.50 bits per heavy atom. The fraction of sp³-hybridized carbons (Fsp3) is 0.231. The predicted octanol–water partition coefficient (Wildman–Crippen LogP) is 1.30. The number of benzene rings is 1. The van der Waals surface area contributed by atoms with Crippen molar-refractivity contribution in [2.45, 2.75) is 24.8 Å².